The lowest BCUT2D eigenvalue weighted by atomic mass is 10.0. The van der Waals surface area contributed by atoms with Gasteiger partial charge in [0.2, 0.25) is 0 Å². The summed E-state index contributed by atoms with van der Waals surface area (Å²) in [4.78, 5) is 6.72. The average Bonchev–Trinajstić information content (AvgIpc) is 2.92. The van der Waals surface area contributed by atoms with E-state index in [0.717, 1.165) is 36.5 Å². The summed E-state index contributed by atoms with van der Waals surface area (Å²) < 4.78 is 1.87. The van der Waals surface area contributed by atoms with Gasteiger partial charge in [0.05, 0.1) is 11.8 Å². The van der Waals surface area contributed by atoms with Gasteiger partial charge in [-0.2, -0.15) is 5.10 Å². The Hall–Kier alpha value is -1.62. The van der Waals surface area contributed by atoms with Gasteiger partial charge in [0.1, 0.15) is 5.52 Å². The topological polar surface area (TPSA) is 53.7 Å². The summed E-state index contributed by atoms with van der Waals surface area (Å²) in [6, 6.07) is 2.05. The molecule has 18 heavy (non-hydrogen) atoms. The number of aliphatic hydroxyl groups excluding tert-OH is 1. The molecule has 0 spiro atoms. The van der Waals surface area contributed by atoms with Gasteiger partial charge < -0.3 is 10.0 Å². The van der Waals surface area contributed by atoms with Gasteiger partial charge in [0, 0.05) is 31.4 Å². The summed E-state index contributed by atoms with van der Waals surface area (Å²) in [6.07, 6.45) is 4.42. The smallest absolute Gasteiger partial charge is 0.154 e. The number of rotatable bonds is 2. The Labute approximate surface area is 106 Å². The van der Waals surface area contributed by atoms with Crippen LogP contribution in [0.5, 0.6) is 0 Å². The van der Waals surface area contributed by atoms with Crippen LogP contribution < -0.4 is 4.90 Å². The van der Waals surface area contributed by atoms with Crippen LogP contribution in [-0.4, -0.2) is 38.9 Å². The van der Waals surface area contributed by atoms with Gasteiger partial charge in [-0.25, -0.2) is 9.50 Å². The fourth-order valence-corrected chi connectivity index (χ4v) is 2.65. The highest BCUT2D eigenvalue weighted by atomic mass is 16.3. The standard InChI is InChI=1S/C13H18N4O/c1-9-7-12-13(14-4-6-17(12)15-9)16-5-3-11(8-16)10(2)18/h4,6-7,10-11,18H,3,5,8H2,1-2H3. The fourth-order valence-electron chi connectivity index (χ4n) is 2.65. The number of nitrogens with zero attached hydrogens (tertiary/aromatic N) is 4. The molecule has 3 heterocycles. The zero-order valence-electron chi connectivity index (χ0n) is 10.7. The molecule has 5 heteroatoms. The molecular formula is C13H18N4O. The number of aryl methyl sites for hydroxylation is 1. The van der Waals surface area contributed by atoms with Crippen LogP contribution >= 0.6 is 0 Å². The fraction of sp³-hybridized carbons (Fsp3) is 0.538. The highest BCUT2D eigenvalue weighted by molar-refractivity contribution is 5.69. The van der Waals surface area contributed by atoms with E-state index in [0.29, 0.717) is 5.92 Å². The van der Waals surface area contributed by atoms with Crippen LogP contribution in [0.3, 0.4) is 0 Å². The number of aliphatic hydroxyl groups is 1. The third-order valence-electron chi connectivity index (χ3n) is 3.70. The molecule has 1 fully saturated rings. The lowest BCUT2D eigenvalue weighted by Crippen LogP contribution is -2.25. The third-order valence-corrected chi connectivity index (χ3v) is 3.70. The Balaban J connectivity index is 1.95. The molecule has 1 saturated heterocycles. The zero-order valence-corrected chi connectivity index (χ0v) is 10.7. The van der Waals surface area contributed by atoms with E-state index in [4.69, 9.17) is 0 Å². The van der Waals surface area contributed by atoms with Crippen LogP contribution in [-0.2, 0) is 0 Å². The number of hydrogen-bond acceptors (Lipinski definition) is 4. The zero-order chi connectivity index (χ0) is 12.7. The Kier molecular flexibility index (Phi) is 2.70. The molecule has 2 atom stereocenters. The van der Waals surface area contributed by atoms with Gasteiger partial charge in [-0.3, -0.25) is 0 Å². The second kappa shape index (κ2) is 4.24. The molecule has 0 amide bonds. The average molecular weight is 246 g/mol. The lowest BCUT2D eigenvalue weighted by molar-refractivity contribution is 0.136. The quantitative estimate of drug-likeness (QED) is 0.866. The van der Waals surface area contributed by atoms with E-state index >= 15 is 0 Å². The SMILES string of the molecule is Cc1cc2c(N3CCC(C(C)O)C3)nccn2n1. The van der Waals surface area contributed by atoms with Crippen molar-refractivity contribution in [2.24, 2.45) is 5.92 Å². The number of aromatic nitrogens is 3. The van der Waals surface area contributed by atoms with Crippen LogP contribution in [0.4, 0.5) is 5.82 Å². The molecule has 2 aromatic heterocycles. The molecular weight excluding hydrogens is 228 g/mol. The van der Waals surface area contributed by atoms with E-state index in [1.165, 1.54) is 0 Å². The van der Waals surface area contributed by atoms with E-state index in [1.54, 1.807) is 6.20 Å². The minimum atomic E-state index is -0.249. The molecule has 5 nitrogen and oxygen atoms in total. The lowest BCUT2D eigenvalue weighted by Gasteiger charge is -2.19. The minimum absolute atomic E-state index is 0.249. The predicted octanol–water partition coefficient (Wildman–Crippen LogP) is 1.24. The summed E-state index contributed by atoms with van der Waals surface area (Å²) in [6.45, 7) is 5.67. The minimum Gasteiger partial charge on any atom is -0.393 e. The van der Waals surface area contributed by atoms with Gasteiger partial charge >= 0.3 is 0 Å². The molecule has 1 aliphatic rings. The number of hydrogen-bond donors (Lipinski definition) is 1. The Morgan fingerprint density at radius 3 is 3.06 bits per heavy atom. The van der Waals surface area contributed by atoms with Crippen LogP contribution in [0.1, 0.15) is 19.0 Å². The number of anilines is 1. The van der Waals surface area contributed by atoms with Gasteiger partial charge in [-0.15, -0.1) is 0 Å². The maximum absolute atomic E-state index is 9.67. The van der Waals surface area contributed by atoms with Crippen molar-refractivity contribution in [2.45, 2.75) is 26.4 Å². The van der Waals surface area contributed by atoms with Crippen LogP contribution in [0, 0.1) is 12.8 Å². The van der Waals surface area contributed by atoms with E-state index in [1.807, 2.05) is 24.6 Å². The van der Waals surface area contributed by atoms with Gasteiger partial charge in [0.15, 0.2) is 5.82 Å². The van der Waals surface area contributed by atoms with Crippen LogP contribution in [0.25, 0.3) is 5.52 Å². The van der Waals surface area contributed by atoms with Crippen LogP contribution in [0.2, 0.25) is 0 Å². The highest BCUT2D eigenvalue weighted by Crippen LogP contribution is 2.27. The van der Waals surface area contributed by atoms with Crippen molar-refractivity contribution >= 4 is 11.3 Å². The molecule has 0 aliphatic carbocycles. The van der Waals surface area contributed by atoms with E-state index in [-0.39, 0.29) is 6.10 Å². The largest absolute Gasteiger partial charge is 0.393 e. The summed E-state index contributed by atoms with van der Waals surface area (Å²) in [7, 11) is 0. The molecule has 0 saturated carbocycles. The first-order valence-corrected chi connectivity index (χ1v) is 6.39. The van der Waals surface area contributed by atoms with Crippen molar-refractivity contribution in [1.29, 1.82) is 0 Å². The Morgan fingerprint density at radius 1 is 1.50 bits per heavy atom. The Morgan fingerprint density at radius 2 is 2.33 bits per heavy atom. The van der Waals surface area contributed by atoms with Crippen molar-refractivity contribution in [3.8, 4) is 0 Å². The summed E-state index contributed by atoms with van der Waals surface area (Å²) in [5, 5.41) is 14.1. The van der Waals surface area contributed by atoms with Crippen molar-refractivity contribution in [1.82, 2.24) is 14.6 Å². The monoisotopic (exact) mass is 246 g/mol. The first-order valence-electron chi connectivity index (χ1n) is 6.39. The van der Waals surface area contributed by atoms with Crippen molar-refractivity contribution in [2.75, 3.05) is 18.0 Å². The summed E-state index contributed by atoms with van der Waals surface area (Å²) in [5.74, 6) is 1.32. The maximum atomic E-state index is 9.67. The van der Waals surface area contributed by atoms with Gasteiger partial charge in [-0.1, -0.05) is 0 Å². The number of fused-ring (bicyclic) bond motifs is 1. The Bertz CT molecular complexity index is 563. The van der Waals surface area contributed by atoms with Gasteiger partial charge in [0.25, 0.3) is 0 Å². The van der Waals surface area contributed by atoms with E-state index < -0.39 is 0 Å². The molecule has 0 aromatic carbocycles. The molecule has 0 bridgehead atoms. The summed E-state index contributed by atoms with van der Waals surface area (Å²) in [5.41, 5.74) is 2.04. The molecule has 1 aliphatic heterocycles. The second-order valence-electron chi connectivity index (χ2n) is 5.10. The normalized spacial score (nSPS) is 21.7. The molecule has 0 radical (unpaired) electrons. The molecule has 96 valence electrons. The molecule has 3 rings (SSSR count). The third kappa shape index (κ3) is 1.84. The first-order chi connectivity index (χ1) is 8.65. The predicted molar refractivity (Wildman–Crippen MR) is 69.7 cm³/mol. The maximum Gasteiger partial charge on any atom is 0.154 e. The molecule has 1 N–H and O–H groups in total. The van der Waals surface area contributed by atoms with Crippen LogP contribution in [0.15, 0.2) is 18.5 Å². The van der Waals surface area contributed by atoms with E-state index in [2.05, 4.69) is 21.0 Å². The van der Waals surface area contributed by atoms with Crippen molar-refractivity contribution < 1.29 is 5.11 Å². The molecule has 2 unspecified atom stereocenters. The first kappa shape index (κ1) is 11.5. The summed E-state index contributed by atoms with van der Waals surface area (Å²) >= 11 is 0. The highest BCUT2D eigenvalue weighted by Gasteiger charge is 2.27. The second-order valence-corrected chi connectivity index (χ2v) is 5.10. The van der Waals surface area contributed by atoms with Crippen molar-refractivity contribution in [3.63, 3.8) is 0 Å². The van der Waals surface area contributed by atoms with Gasteiger partial charge in [-0.05, 0) is 26.3 Å². The van der Waals surface area contributed by atoms with Crippen molar-refractivity contribution in [3.05, 3.63) is 24.2 Å². The molecule has 2 aromatic rings. The van der Waals surface area contributed by atoms with E-state index in [9.17, 15) is 5.11 Å².